The first kappa shape index (κ1) is 16.4. The number of hydrogen-bond acceptors (Lipinski definition) is 2. The lowest BCUT2D eigenvalue weighted by atomic mass is 10.1. The van der Waals surface area contributed by atoms with Crippen molar-refractivity contribution in [2.24, 2.45) is 0 Å². The summed E-state index contributed by atoms with van der Waals surface area (Å²) in [5, 5.41) is 11.4. The van der Waals surface area contributed by atoms with Gasteiger partial charge in [0.2, 0.25) is 0 Å². The number of benzene rings is 2. The van der Waals surface area contributed by atoms with E-state index in [9.17, 15) is 13.6 Å². The summed E-state index contributed by atoms with van der Waals surface area (Å²) in [4.78, 5) is 13.6. The summed E-state index contributed by atoms with van der Waals surface area (Å²) < 4.78 is 26.3. The van der Waals surface area contributed by atoms with Gasteiger partial charge < -0.3 is 10.2 Å². The van der Waals surface area contributed by atoms with Crippen molar-refractivity contribution < 1.29 is 13.6 Å². The second-order valence-electron chi connectivity index (χ2n) is 5.08. The summed E-state index contributed by atoms with van der Waals surface area (Å²) in [6.07, 6.45) is 0. The molecule has 118 valence electrons. The Morgan fingerprint density at radius 1 is 1.17 bits per heavy atom. The Balaban J connectivity index is 2.08. The highest BCUT2D eigenvalue weighted by molar-refractivity contribution is 5.89. The van der Waals surface area contributed by atoms with E-state index in [1.165, 1.54) is 11.0 Å². The van der Waals surface area contributed by atoms with Crippen LogP contribution in [0.15, 0.2) is 42.5 Å². The zero-order valence-electron chi connectivity index (χ0n) is 12.7. The van der Waals surface area contributed by atoms with Crippen LogP contribution in [0.3, 0.4) is 0 Å². The van der Waals surface area contributed by atoms with E-state index in [4.69, 9.17) is 5.26 Å². The molecule has 0 spiro atoms. The van der Waals surface area contributed by atoms with E-state index >= 15 is 0 Å². The third-order valence-electron chi connectivity index (χ3n) is 3.59. The van der Waals surface area contributed by atoms with Crippen molar-refractivity contribution in [2.75, 3.05) is 12.4 Å². The Bertz CT molecular complexity index is 753. The molecule has 2 amide bonds. The molecule has 2 aromatic carbocycles. The third-order valence-corrected chi connectivity index (χ3v) is 3.59. The van der Waals surface area contributed by atoms with Crippen LogP contribution in [0.2, 0.25) is 0 Å². The minimum atomic E-state index is -0.949. The standard InChI is InChI=1S/C17H15F2N3O/c1-11(13-5-8-15(18)16(19)9-13)22(2)17(23)21-14-6-3-12(10-20)4-7-14/h3-9,11H,1-2H3,(H,21,23). The second kappa shape index (κ2) is 6.88. The summed E-state index contributed by atoms with van der Waals surface area (Å²) in [6, 6.07) is 11.1. The van der Waals surface area contributed by atoms with Crippen molar-refractivity contribution in [3.63, 3.8) is 0 Å². The van der Waals surface area contributed by atoms with Gasteiger partial charge in [0.1, 0.15) is 0 Å². The molecule has 2 rings (SSSR count). The van der Waals surface area contributed by atoms with Crippen LogP contribution in [-0.4, -0.2) is 18.0 Å². The van der Waals surface area contributed by atoms with E-state index in [-0.39, 0.29) is 0 Å². The van der Waals surface area contributed by atoms with Crippen LogP contribution in [0.5, 0.6) is 0 Å². The Kier molecular flexibility index (Phi) is 4.91. The molecule has 0 aromatic heterocycles. The fourth-order valence-corrected chi connectivity index (χ4v) is 2.01. The Morgan fingerprint density at radius 3 is 2.39 bits per heavy atom. The zero-order valence-corrected chi connectivity index (χ0v) is 12.7. The van der Waals surface area contributed by atoms with Gasteiger partial charge in [-0.25, -0.2) is 13.6 Å². The smallest absolute Gasteiger partial charge is 0.321 e. The van der Waals surface area contributed by atoms with Gasteiger partial charge in [0.25, 0.3) is 0 Å². The molecule has 0 saturated carbocycles. The van der Waals surface area contributed by atoms with Gasteiger partial charge in [-0.1, -0.05) is 6.07 Å². The van der Waals surface area contributed by atoms with Gasteiger partial charge in [0.05, 0.1) is 17.7 Å². The van der Waals surface area contributed by atoms with Crippen LogP contribution in [0, 0.1) is 23.0 Å². The van der Waals surface area contributed by atoms with Crippen LogP contribution in [0.1, 0.15) is 24.1 Å². The highest BCUT2D eigenvalue weighted by Crippen LogP contribution is 2.21. The van der Waals surface area contributed by atoms with Gasteiger partial charge in [-0.15, -0.1) is 0 Å². The van der Waals surface area contributed by atoms with E-state index in [0.717, 1.165) is 12.1 Å². The summed E-state index contributed by atoms with van der Waals surface area (Å²) in [6.45, 7) is 1.71. The number of anilines is 1. The molecule has 0 bridgehead atoms. The van der Waals surface area contributed by atoms with Crippen LogP contribution in [0.4, 0.5) is 19.3 Å². The van der Waals surface area contributed by atoms with E-state index in [0.29, 0.717) is 16.8 Å². The number of carbonyl (C=O) groups is 1. The predicted molar refractivity (Wildman–Crippen MR) is 82.7 cm³/mol. The van der Waals surface area contributed by atoms with Gasteiger partial charge in [-0.2, -0.15) is 5.26 Å². The predicted octanol–water partition coefficient (Wildman–Crippen LogP) is 4.06. The van der Waals surface area contributed by atoms with Crippen molar-refractivity contribution in [1.29, 1.82) is 5.26 Å². The quantitative estimate of drug-likeness (QED) is 0.928. The average molecular weight is 315 g/mol. The second-order valence-corrected chi connectivity index (χ2v) is 5.08. The van der Waals surface area contributed by atoms with Crippen molar-refractivity contribution in [3.8, 4) is 6.07 Å². The molecule has 0 heterocycles. The fraction of sp³-hybridized carbons (Fsp3) is 0.176. The normalized spacial score (nSPS) is 11.4. The lowest BCUT2D eigenvalue weighted by molar-refractivity contribution is 0.208. The summed E-state index contributed by atoms with van der Waals surface area (Å²) in [5.41, 5.74) is 1.52. The molecule has 6 heteroatoms. The SMILES string of the molecule is CC(c1ccc(F)c(F)c1)N(C)C(=O)Nc1ccc(C#N)cc1. The van der Waals surface area contributed by atoms with Crippen LogP contribution < -0.4 is 5.32 Å². The number of rotatable bonds is 3. The number of nitrogens with zero attached hydrogens (tertiary/aromatic N) is 2. The fourth-order valence-electron chi connectivity index (χ4n) is 2.01. The van der Waals surface area contributed by atoms with Crippen molar-refractivity contribution in [2.45, 2.75) is 13.0 Å². The number of urea groups is 1. The summed E-state index contributed by atoms with van der Waals surface area (Å²) in [7, 11) is 1.56. The van der Waals surface area contributed by atoms with E-state index in [1.807, 2.05) is 6.07 Å². The number of halogens is 2. The maximum Gasteiger partial charge on any atom is 0.322 e. The number of hydrogen-bond donors (Lipinski definition) is 1. The lowest BCUT2D eigenvalue weighted by Gasteiger charge is -2.25. The molecule has 0 fully saturated rings. The van der Waals surface area contributed by atoms with Gasteiger partial charge in [0.15, 0.2) is 11.6 Å². The van der Waals surface area contributed by atoms with Crippen molar-refractivity contribution in [1.82, 2.24) is 4.90 Å². The first-order valence-electron chi connectivity index (χ1n) is 6.91. The van der Waals surface area contributed by atoms with Gasteiger partial charge >= 0.3 is 6.03 Å². The Hall–Kier alpha value is -2.94. The van der Waals surface area contributed by atoms with E-state index < -0.39 is 23.7 Å². The molecular formula is C17H15F2N3O. The number of nitrogens with one attached hydrogen (secondary N) is 1. The Labute approximate surface area is 133 Å². The van der Waals surface area contributed by atoms with Crippen LogP contribution >= 0.6 is 0 Å². The minimum absolute atomic E-state index is 0.396. The molecule has 4 nitrogen and oxygen atoms in total. The van der Waals surface area contributed by atoms with Crippen molar-refractivity contribution in [3.05, 3.63) is 65.2 Å². The zero-order chi connectivity index (χ0) is 17.0. The Morgan fingerprint density at radius 2 is 1.83 bits per heavy atom. The molecule has 23 heavy (non-hydrogen) atoms. The lowest BCUT2D eigenvalue weighted by Crippen LogP contribution is -2.33. The molecule has 0 aliphatic heterocycles. The van der Waals surface area contributed by atoms with Gasteiger partial charge in [-0.3, -0.25) is 0 Å². The number of carbonyl (C=O) groups excluding carboxylic acids is 1. The van der Waals surface area contributed by atoms with Gasteiger partial charge in [-0.05, 0) is 48.9 Å². The molecule has 0 aliphatic rings. The maximum atomic E-state index is 13.3. The third kappa shape index (κ3) is 3.83. The highest BCUT2D eigenvalue weighted by Gasteiger charge is 2.18. The summed E-state index contributed by atoms with van der Waals surface area (Å²) >= 11 is 0. The van der Waals surface area contributed by atoms with Gasteiger partial charge in [0, 0.05) is 12.7 Å². The molecule has 0 aliphatic carbocycles. The average Bonchev–Trinajstić information content (AvgIpc) is 2.56. The molecular weight excluding hydrogens is 300 g/mol. The molecule has 2 aromatic rings. The van der Waals surface area contributed by atoms with E-state index in [1.54, 1.807) is 38.2 Å². The van der Waals surface area contributed by atoms with E-state index in [2.05, 4.69) is 5.32 Å². The monoisotopic (exact) mass is 315 g/mol. The van der Waals surface area contributed by atoms with Crippen LogP contribution in [0.25, 0.3) is 0 Å². The molecule has 1 N–H and O–H groups in total. The molecule has 1 unspecified atom stereocenters. The summed E-state index contributed by atoms with van der Waals surface area (Å²) in [5.74, 6) is -1.87. The number of nitriles is 1. The first-order valence-corrected chi connectivity index (χ1v) is 6.91. The molecule has 1 atom stereocenters. The highest BCUT2D eigenvalue weighted by atomic mass is 19.2. The largest absolute Gasteiger partial charge is 0.322 e. The first-order chi connectivity index (χ1) is 10.9. The van der Waals surface area contributed by atoms with Crippen LogP contribution in [-0.2, 0) is 0 Å². The molecule has 0 saturated heterocycles. The molecule has 0 radical (unpaired) electrons. The van der Waals surface area contributed by atoms with Crippen molar-refractivity contribution >= 4 is 11.7 Å². The number of amides is 2. The minimum Gasteiger partial charge on any atom is -0.321 e. The maximum absolute atomic E-state index is 13.3. The topological polar surface area (TPSA) is 56.1 Å².